The molecule has 0 fully saturated rings. The number of quaternary nitrogens is 1. The molecule has 0 radical (unpaired) electrons. The van der Waals surface area contributed by atoms with Crippen molar-refractivity contribution in [1.82, 2.24) is 10.3 Å². The number of hydrogen-bond donors (Lipinski definition) is 3. The molecule has 1 amide bonds. The van der Waals surface area contributed by atoms with Crippen LogP contribution in [0, 0.1) is 0 Å². The summed E-state index contributed by atoms with van der Waals surface area (Å²) in [7, 11) is -4.61. The summed E-state index contributed by atoms with van der Waals surface area (Å²) in [6, 6.07) is 12.2. The Kier molecular flexibility index (Phi) is 11.5. The molecule has 218 valence electrons. The van der Waals surface area contributed by atoms with Crippen LogP contribution in [0.2, 0.25) is 0 Å². The van der Waals surface area contributed by atoms with E-state index in [1.807, 2.05) is 6.92 Å². The van der Waals surface area contributed by atoms with E-state index in [2.05, 4.69) is 15.4 Å². The molecule has 0 aliphatic rings. The highest BCUT2D eigenvalue weighted by molar-refractivity contribution is 7.85. The second kappa shape index (κ2) is 15.0. The van der Waals surface area contributed by atoms with Crippen molar-refractivity contribution in [3.05, 3.63) is 77.0 Å². The van der Waals surface area contributed by atoms with Gasteiger partial charge >= 0.3 is 0 Å². The van der Waals surface area contributed by atoms with Crippen LogP contribution >= 0.6 is 0 Å². The summed E-state index contributed by atoms with van der Waals surface area (Å²) in [6.45, 7) is 4.38. The van der Waals surface area contributed by atoms with E-state index in [1.165, 1.54) is 49.0 Å². The van der Waals surface area contributed by atoms with Gasteiger partial charge in [-0.25, -0.2) is 13.4 Å². The van der Waals surface area contributed by atoms with Crippen molar-refractivity contribution in [2.75, 3.05) is 13.2 Å². The largest absolute Gasteiger partial charge is 0.744 e. The first kappa shape index (κ1) is 31.4. The van der Waals surface area contributed by atoms with Crippen molar-refractivity contribution < 1.29 is 37.8 Å². The van der Waals surface area contributed by atoms with Crippen LogP contribution in [0.3, 0.4) is 0 Å². The van der Waals surface area contributed by atoms with Crippen molar-refractivity contribution in [2.24, 2.45) is 5.10 Å². The third-order valence-corrected chi connectivity index (χ3v) is 7.12. The van der Waals surface area contributed by atoms with Crippen LogP contribution in [-0.4, -0.2) is 54.1 Å². The van der Waals surface area contributed by atoms with Gasteiger partial charge in [-0.2, -0.15) is 5.43 Å². The van der Waals surface area contributed by atoms with Crippen molar-refractivity contribution in [1.29, 1.82) is 0 Å². The van der Waals surface area contributed by atoms with Gasteiger partial charge in [0.2, 0.25) is 0 Å². The lowest BCUT2D eigenvalue weighted by Crippen LogP contribution is -2.71. The van der Waals surface area contributed by atoms with Gasteiger partial charge in [-0.1, -0.05) is 43.1 Å². The van der Waals surface area contributed by atoms with Crippen LogP contribution in [0.4, 0.5) is 5.82 Å². The fourth-order valence-corrected chi connectivity index (χ4v) is 4.65. The molecule has 4 N–H and O–H groups in total. The number of benzene rings is 2. The standard InChI is InChI=1S/C29H34N4O7S/c1-3-21-16-24(20(2)34)25(35)17-26(21)40-15-9-5-4-8-14-30-29(36)23-12-13-28(31-18-23)33-32-19-22-10-6-7-11-27(22)41(37,38)39/h6-7,10-13,16-19,35H,3-5,8-9,14-15H2,1-2H3,(H,30,36)(H,31,33)(H,37,38,39)/b32-19+. The number of phenolic OH excluding ortho intramolecular Hbond substituents is 1. The summed E-state index contributed by atoms with van der Waals surface area (Å²) in [5.41, 5.74) is 3.14. The Hall–Kier alpha value is -4.13. The Labute approximate surface area is 239 Å². The normalized spacial score (nSPS) is 11.5. The van der Waals surface area contributed by atoms with Crippen molar-refractivity contribution in [2.45, 2.75) is 50.8 Å². The predicted molar refractivity (Wildman–Crippen MR) is 152 cm³/mol. The molecule has 11 nitrogen and oxygen atoms in total. The molecule has 0 saturated heterocycles. The van der Waals surface area contributed by atoms with Crippen LogP contribution < -0.4 is 15.5 Å². The number of ketones is 1. The summed E-state index contributed by atoms with van der Waals surface area (Å²) in [5.74, 6) is 0.539. The zero-order valence-electron chi connectivity index (χ0n) is 23.0. The number of aromatic nitrogens is 1. The van der Waals surface area contributed by atoms with Gasteiger partial charge < -0.3 is 19.7 Å². The molecule has 1 heterocycles. The highest BCUT2D eigenvalue weighted by Crippen LogP contribution is 2.29. The van der Waals surface area contributed by atoms with E-state index >= 15 is 0 Å². The number of amides is 1. The fourth-order valence-electron chi connectivity index (χ4n) is 4.00. The number of ether oxygens (including phenoxy) is 1. The molecule has 0 aliphatic heterocycles. The molecule has 0 bridgehead atoms. The summed E-state index contributed by atoms with van der Waals surface area (Å²) in [6.07, 6.45) is 6.80. The average molecular weight is 583 g/mol. The van der Waals surface area contributed by atoms with Crippen molar-refractivity contribution >= 4 is 33.8 Å². The predicted octanol–water partition coefficient (Wildman–Crippen LogP) is 3.05. The number of phenols is 1. The molecule has 41 heavy (non-hydrogen) atoms. The van der Waals surface area contributed by atoms with Gasteiger partial charge in [-0.05, 0) is 49.9 Å². The van der Waals surface area contributed by atoms with Gasteiger partial charge in [0.15, 0.2) is 5.78 Å². The minimum absolute atomic E-state index is 0.0743. The number of nitrogens with zero attached hydrogens (tertiary/aromatic N) is 2. The Morgan fingerprint density at radius 3 is 2.56 bits per heavy atom. The van der Waals surface area contributed by atoms with E-state index in [9.17, 15) is 27.7 Å². The number of nitrogens with two attached hydrogens (primary N) is 1. The zero-order valence-corrected chi connectivity index (χ0v) is 23.8. The third-order valence-electron chi connectivity index (χ3n) is 6.21. The molecule has 0 saturated carbocycles. The van der Waals surface area contributed by atoms with Crippen LogP contribution in [-0.2, 0) is 16.5 Å². The number of rotatable bonds is 15. The Morgan fingerprint density at radius 2 is 1.88 bits per heavy atom. The number of aromatic hydroxyl groups is 1. The quantitative estimate of drug-likeness (QED) is 0.0612. The number of pyridine rings is 1. The zero-order chi connectivity index (χ0) is 29.8. The van der Waals surface area contributed by atoms with Crippen LogP contribution in [0.1, 0.15) is 71.4 Å². The molecular weight excluding hydrogens is 548 g/mol. The van der Waals surface area contributed by atoms with E-state index in [1.54, 1.807) is 24.3 Å². The van der Waals surface area contributed by atoms with Gasteiger partial charge in [0.1, 0.15) is 21.6 Å². The molecule has 3 rings (SSSR count). The topological polar surface area (TPSA) is 175 Å². The summed E-state index contributed by atoms with van der Waals surface area (Å²) in [4.78, 5) is 27.8. The molecular formula is C29H34N4O7S. The lowest BCUT2D eigenvalue weighted by atomic mass is 10.0. The van der Waals surface area contributed by atoms with E-state index in [-0.39, 0.29) is 27.9 Å². The van der Waals surface area contributed by atoms with Crippen LogP contribution in [0.15, 0.2) is 64.7 Å². The Morgan fingerprint density at radius 1 is 1.12 bits per heavy atom. The molecule has 12 heteroatoms. The fraction of sp³-hybridized carbons (Fsp3) is 0.310. The number of unbranched alkanes of at least 4 members (excludes halogenated alkanes) is 3. The number of nitrogens with one attached hydrogen (secondary N) is 1. The molecule has 2 aromatic carbocycles. The Bertz CT molecular complexity index is 1490. The molecule has 0 unspecified atom stereocenters. The Balaban J connectivity index is 1.35. The third kappa shape index (κ3) is 9.48. The van der Waals surface area contributed by atoms with E-state index in [0.29, 0.717) is 42.3 Å². The van der Waals surface area contributed by atoms with E-state index in [4.69, 9.17) is 4.74 Å². The smallest absolute Gasteiger partial charge is 0.252 e. The van der Waals surface area contributed by atoms with Gasteiger partial charge in [0.25, 0.3) is 11.7 Å². The van der Waals surface area contributed by atoms with Crippen molar-refractivity contribution in [3.63, 3.8) is 0 Å². The van der Waals surface area contributed by atoms with Crippen molar-refractivity contribution in [3.8, 4) is 11.5 Å². The maximum absolute atomic E-state index is 12.4. The second-order valence-electron chi connectivity index (χ2n) is 9.28. The number of carbonyl (C=O) groups is 2. The number of Topliss-reactive ketones (excluding diaryl/α,β-unsaturated/α-hetero) is 1. The van der Waals surface area contributed by atoms with E-state index in [0.717, 1.165) is 31.2 Å². The molecule has 0 aliphatic carbocycles. The molecule has 1 aromatic heterocycles. The number of aryl methyl sites for hydroxylation is 1. The first-order valence-corrected chi connectivity index (χ1v) is 14.7. The summed E-state index contributed by atoms with van der Waals surface area (Å²) >= 11 is 0. The minimum atomic E-state index is -4.61. The van der Waals surface area contributed by atoms with Gasteiger partial charge in [-0.3, -0.25) is 9.59 Å². The van der Waals surface area contributed by atoms with Gasteiger partial charge in [0.05, 0.1) is 28.8 Å². The lowest BCUT2D eigenvalue weighted by molar-refractivity contribution is -0.580. The number of carbonyl (C=O) groups excluding carboxylic acids is 2. The lowest BCUT2D eigenvalue weighted by Gasteiger charge is -2.13. The van der Waals surface area contributed by atoms with Crippen LogP contribution in [0.5, 0.6) is 11.5 Å². The molecule has 0 atom stereocenters. The second-order valence-corrected chi connectivity index (χ2v) is 10.6. The SMILES string of the molecule is CCc1cc(C(C)=O)c(O)cc1OCCCCCCNC(=O)c1ccc([NH2+]/N=C/c2ccccc2S(=O)(=O)[O-])nc1. The number of hydrogen-bond acceptors (Lipinski definition) is 9. The minimum Gasteiger partial charge on any atom is -0.744 e. The summed E-state index contributed by atoms with van der Waals surface area (Å²) < 4.78 is 39.9. The first-order chi connectivity index (χ1) is 19.6. The average Bonchev–Trinajstić information content (AvgIpc) is 2.94. The molecule has 3 aromatic rings. The van der Waals surface area contributed by atoms with Gasteiger partial charge in [0, 0.05) is 30.4 Å². The highest BCUT2D eigenvalue weighted by atomic mass is 32.2. The van der Waals surface area contributed by atoms with Gasteiger partial charge in [-0.15, -0.1) is 0 Å². The monoisotopic (exact) mass is 582 g/mol. The maximum atomic E-state index is 12.4. The van der Waals surface area contributed by atoms with E-state index < -0.39 is 10.1 Å². The summed E-state index contributed by atoms with van der Waals surface area (Å²) in [5, 5.41) is 17.0. The first-order valence-electron chi connectivity index (χ1n) is 13.2. The highest BCUT2D eigenvalue weighted by Gasteiger charge is 2.13. The van der Waals surface area contributed by atoms with Crippen LogP contribution in [0.25, 0.3) is 0 Å². The maximum Gasteiger partial charge on any atom is 0.252 e. The molecule has 0 spiro atoms.